The van der Waals surface area contributed by atoms with Crippen molar-refractivity contribution in [1.82, 2.24) is 5.32 Å². The Labute approximate surface area is 109 Å². The van der Waals surface area contributed by atoms with Crippen molar-refractivity contribution in [3.05, 3.63) is 29.8 Å². The van der Waals surface area contributed by atoms with E-state index in [9.17, 15) is 0 Å². The highest BCUT2D eigenvalue weighted by molar-refractivity contribution is 5.28. The molecule has 0 aliphatic heterocycles. The lowest BCUT2D eigenvalue weighted by atomic mass is 10.2. The fraction of sp³-hybridized carbons (Fsp3) is 0.571. The summed E-state index contributed by atoms with van der Waals surface area (Å²) in [5.41, 5.74) is 1.12. The SMILES string of the molecule is CCOCCNCCOc1cccc(COC)c1. The van der Waals surface area contributed by atoms with E-state index in [-0.39, 0.29) is 0 Å². The average Bonchev–Trinajstić information content (AvgIpc) is 2.39. The molecule has 0 aliphatic rings. The van der Waals surface area contributed by atoms with E-state index in [2.05, 4.69) is 5.32 Å². The molecule has 0 fully saturated rings. The lowest BCUT2D eigenvalue weighted by molar-refractivity contribution is 0.148. The molecule has 0 radical (unpaired) electrons. The van der Waals surface area contributed by atoms with Crippen LogP contribution in [-0.2, 0) is 16.1 Å². The van der Waals surface area contributed by atoms with Gasteiger partial charge in [0.2, 0.25) is 0 Å². The van der Waals surface area contributed by atoms with Crippen molar-refractivity contribution in [3.63, 3.8) is 0 Å². The summed E-state index contributed by atoms with van der Waals surface area (Å²) in [6, 6.07) is 7.96. The number of nitrogens with one attached hydrogen (secondary N) is 1. The van der Waals surface area contributed by atoms with E-state index >= 15 is 0 Å². The highest BCUT2D eigenvalue weighted by Gasteiger charge is 1.96. The third-order valence-corrected chi connectivity index (χ3v) is 2.38. The van der Waals surface area contributed by atoms with Crippen LogP contribution in [0.25, 0.3) is 0 Å². The van der Waals surface area contributed by atoms with E-state index in [1.54, 1.807) is 7.11 Å². The predicted molar refractivity (Wildman–Crippen MR) is 72.0 cm³/mol. The summed E-state index contributed by atoms with van der Waals surface area (Å²) in [6.07, 6.45) is 0. The predicted octanol–water partition coefficient (Wildman–Crippen LogP) is 1.84. The summed E-state index contributed by atoms with van der Waals surface area (Å²) < 4.78 is 15.9. The zero-order chi connectivity index (χ0) is 13.1. The zero-order valence-corrected chi connectivity index (χ0v) is 11.3. The van der Waals surface area contributed by atoms with Crippen molar-refractivity contribution in [2.45, 2.75) is 13.5 Å². The quantitative estimate of drug-likeness (QED) is 0.646. The lowest BCUT2D eigenvalue weighted by Gasteiger charge is -2.09. The van der Waals surface area contributed by atoms with Crippen LogP contribution in [-0.4, -0.2) is 40.0 Å². The number of rotatable bonds is 10. The van der Waals surface area contributed by atoms with Crippen LogP contribution in [0.5, 0.6) is 5.75 Å². The minimum absolute atomic E-state index is 0.615. The molecule has 1 aromatic rings. The summed E-state index contributed by atoms with van der Waals surface area (Å²) in [5, 5.41) is 3.26. The van der Waals surface area contributed by atoms with E-state index in [1.807, 2.05) is 31.2 Å². The molecule has 0 bridgehead atoms. The van der Waals surface area contributed by atoms with E-state index in [0.717, 1.165) is 37.6 Å². The lowest BCUT2D eigenvalue weighted by Crippen LogP contribution is -2.25. The topological polar surface area (TPSA) is 39.7 Å². The average molecular weight is 253 g/mol. The maximum atomic E-state index is 5.64. The molecule has 0 saturated carbocycles. The van der Waals surface area contributed by atoms with Gasteiger partial charge in [-0.25, -0.2) is 0 Å². The molecule has 4 nitrogen and oxygen atoms in total. The molecule has 0 heterocycles. The van der Waals surface area contributed by atoms with Gasteiger partial charge in [-0.3, -0.25) is 0 Å². The van der Waals surface area contributed by atoms with E-state index < -0.39 is 0 Å². The van der Waals surface area contributed by atoms with Gasteiger partial charge in [0.1, 0.15) is 12.4 Å². The van der Waals surface area contributed by atoms with Crippen LogP contribution in [0.2, 0.25) is 0 Å². The molecule has 0 unspecified atom stereocenters. The minimum atomic E-state index is 0.615. The third kappa shape index (κ3) is 6.59. The van der Waals surface area contributed by atoms with E-state index in [1.165, 1.54) is 0 Å². The van der Waals surface area contributed by atoms with Crippen molar-refractivity contribution < 1.29 is 14.2 Å². The minimum Gasteiger partial charge on any atom is -0.492 e. The first kappa shape index (κ1) is 15.0. The summed E-state index contributed by atoms with van der Waals surface area (Å²) in [4.78, 5) is 0. The molecule has 18 heavy (non-hydrogen) atoms. The maximum absolute atomic E-state index is 5.64. The first-order valence-corrected chi connectivity index (χ1v) is 6.36. The second kappa shape index (κ2) is 9.88. The van der Waals surface area contributed by atoms with Crippen LogP contribution >= 0.6 is 0 Å². The van der Waals surface area contributed by atoms with Crippen LogP contribution < -0.4 is 10.1 Å². The molecule has 1 rings (SSSR count). The Kier molecular flexibility index (Phi) is 8.21. The summed E-state index contributed by atoms with van der Waals surface area (Å²) >= 11 is 0. The Morgan fingerprint density at radius 3 is 2.78 bits per heavy atom. The van der Waals surface area contributed by atoms with Gasteiger partial charge in [-0.05, 0) is 24.6 Å². The number of benzene rings is 1. The van der Waals surface area contributed by atoms with Gasteiger partial charge < -0.3 is 19.5 Å². The Balaban J connectivity index is 2.13. The molecule has 0 saturated heterocycles. The molecule has 4 heteroatoms. The van der Waals surface area contributed by atoms with E-state index in [0.29, 0.717) is 13.2 Å². The smallest absolute Gasteiger partial charge is 0.119 e. The maximum Gasteiger partial charge on any atom is 0.119 e. The first-order chi connectivity index (χ1) is 8.86. The standard InChI is InChI=1S/C14H23NO3/c1-3-17-9-7-15-8-10-18-14-6-4-5-13(11-14)12-16-2/h4-6,11,15H,3,7-10,12H2,1-2H3. The largest absolute Gasteiger partial charge is 0.492 e. The summed E-state index contributed by atoms with van der Waals surface area (Å²) in [7, 11) is 1.69. The Bertz CT molecular complexity index is 318. The molecule has 0 spiro atoms. The molecule has 0 aliphatic carbocycles. The highest BCUT2D eigenvalue weighted by atomic mass is 16.5. The van der Waals surface area contributed by atoms with Gasteiger partial charge in [-0.2, -0.15) is 0 Å². The molecule has 1 aromatic carbocycles. The van der Waals surface area contributed by atoms with Gasteiger partial charge in [-0.15, -0.1) is 0 Å². The number of ether oxygens (including phenoxy) is 3. The molecular weight excluding hydrogens is 230 g/mol. The zero-order valence-electron chi connectivity index (χ0n) is 11.3. The molecule has 0 amide bonds. The van der Waals surface area contributed by atoms with Crippen LogP contribution in [0.1, 0.15) is 12.5 Å². The number of hydrogen-bond acceptors (Lipinski definition) is 4. The van der Waals surface area contributed by atoms with Gasteiger partial charge in [0.05, 0.1) is 13.2 Å². The van der Waals surface area contributed by atoms with Crippen LogP contribution in [0.3, 0.4) is 0 Å². The Morgan fingerprint density at radius 2 is 2.00 bits per heavy atom. The van der Waals surface area contributed by atoms with Gasteiger partial charge in [-0.1, -0.05) is 12.1 Å². The fourth-order valence-electron chi connectivity index (χ4n) is 1.55. The van der Waals surface area contributed by atoms with Gasteiger partial charge in [0.15, 0.2) is 0 Å². The fourth-order valence-corrected chi connectivity index (χ4v) is 1.55. The highest BCUT2D eigenvalue weighted by Crippen LogP contribution is 2.13. The van der Waals surface area contributed by atoms with Gasteiger partial charge in [0.25, 0.3) is 0 Å². The first-order valence-electron chi connectivity index (χ1n) is 6.36. The van der Waals surface area contributed by atoms with Crippen molar-refractivity contribution in [2.24, 2.45) is 0 Å². The van der Waals surface area contributed by atoms with Gasteiger partial charge in [0, 0.05) is 26.8 Å². The molecule has 1 N–H and O–H groups in total. The molecular formula is C14H23NO3. The number of methoxy groups -OCH3 is 1. The summed E-state index contributed by atoms with van der Waals surface area (Å²) in [6.45, 7) is 6.47. The van der Waals surface area contributed by atoms with Crippen molar-refractivity contribution in [3.8, 4) is 5.75 Å². The number of hydrogen-bond donors (Lipinski definition) is 1. The molecule has 0 atom stereocenters. The monoisotopic (exact) mass is 253 g/mol. The van der Waals surface area contributed by atoms with Crippen molar-refractivity contribution in [1.29, 1.82) is 0 Å². The van der Waals surface area contributed by atoms with Crippen LogP contribution in [0.15, 0.2) is 24.3 Å². The van der Waals surface area contributed by atoms with Gasteiger partial charge >= 0.3 is 0 Å². The second-order valence-corrected chi connectivity index (χ2v) is 3.88. The summed E-state index contributed by atoms with van der Waals surface area (Å²) in [5.74, 6) is 0.885. The Hall–Kier alpha value is -1.10. The molecule has 102 valence electrons. The Morgan fingerprint density at radius 1 is 1.17 bits per heavy atom. The van der Waals surface area contributed by atoms with E-state index in [4.69, 9.17) is 14.2 Å². The molecule has 0 aromatic heterocycles. The normalized spacial score (nSPS) is 10.6. The van der Waals surface area contributed by atoms with Crippen molar-refractivity contribution >= 4 is 0 Å². The third-order valence-electron chi connectivity index (χ3n) is 2.38. The van der Waals surface area contributed by atoms with Crippen LogP contribution in [0.4, 0.5) is 0 Å². The van der Waals surface area contributed by atoms with Crippen LogP contribution in [0, 0.1) is 0 Å². The van der Waals surface area contributed by atoms with Crippen molar-refractivity contribution in [2.75, 3.05) is 40.0 Å². The second-order valence-electron chi connectivity index (χ2n) is 3.88.